The van der Waals surface area contributed by atoms with Gasteiger partial charge >= 0.3 is 0 Å². The predicted molar refractivity (Wildman–Crippen MR) is 110 cm³/mol. The monoisotopic (exact) mass is 430 g/mol. The average Bonchev–Trinajstić information content (AvgIpc) is 3.19. The van der Waals surface area contributed by atoms with Gasteiger partial charge in [-0.2, -0.15) is 0 Å². The second kappa shape index (κ2) is 6.78. The normalized spacial score (nSPS) is 16.9. The predicted octanol–water partition coefficient (Wildman–Crippen LogP) is 5.45. The van der Waals surface area contributed by atoms with Gasteiger partial charge in [-0.3, -0.25) is 4.79 Å². The van der Waals surface area contributed by atoms with Crippen LogP contribution in [0.4, 0.5) is 4.39 Å². The van der Waals surface area contributed by atoms with Crippen LogP contribution in [0.1, 0.15) is 28.9 Å². The fourth-order valence-corrected chi connectivity index (χ4v) is 4.67. The molecule has 4 nitrogen and oxygen atoms in total. The summed E-state index contributed by atoms with van der Waals surface area (Å²) in [5.41, 5.74) is 1.81. The minimum Gasteiger partial charge on any atom is -0.479 e. The third kappa shape index (κ3) is 3.00. The van der Waals surface area contributed by atoms with Gasteiger partial charge in [0.25, 0.3) is 5.91 Å². The van der Waals surface area contributed by atoms with Crippen LogP contribution >= 0.6 is 23.2 Å². The minimum atomic E-state index is -0.523. The van der Waals surface area contributed by atoms with Crippen LogP contribution in [0.2, 0.25) is 10.0 Å². The lowest BCUT2D eigenvalue weighted by Gasteiger charge is -2.45. The van der Waals surface area contributed by atoms with Crippen LogP contribution in [0, 0.1) is 5.82 Å². The van der Waals surface area contributed by atoms with Gasteiger partial charge in [0.05, 0.1) is 22.0 Å². The zero-order valence-electron chi connectivity index (χ0n) is 15.4. The molecule has 1 spiro atoms. The number of nitrogens with zero attached hydrogens (tertiary/aromatic N) is 2. The third-order valence-electron chi connectivity index (χ3n) is 5.72. The molecule has 29 heavy (non-hydrogen) atoms. The number of carbonyl (C=O) groups excluding carboxylic acids is 1. The smallest absolute Gasteiger partial charge is 0.255 e. The lowest BCUT2D eigenvalue weighted by atomic mass is 9.86. The highest BCUT2D eigenvalue weighted by Crippen LogP contribution is 2.45. The number of amides is 1. The van der Waals surface area contributed by atoms with Gasteiger partial charge < -0.3 is 14.2 Å². The molecule has 1 fully saturated rings. The number of hydrogen-bond acceptors (Lipinski definition) is 2. The molecule has 148 valence electrons. The molecule has 0 atom stereocenters. The van der Waals surface area contributed by atoms with Crippen molar-refractivity contribution in [3.63, 3.8) is 0 Å². The van der Waals surface area contributed by atoms with E-state index in [1.807, 2.05) is 30.5 Å². The van der Waals surface area contributed by atoms with E-state index in [0.29, 0.717) is 36.5 Å². The standard InChI is InChI=1S/C22H17Cl2FN2O2/c23-14-3-6-18-19(12-14)29-22(20-2-1-9-27(18)20)7-10-26(11-8-22)21(28)16-5-4-15(25)13-17(16)24/h1-6,9,12-13H,7-8,10-11H2. The first-order chi connectivity index (χ1) is 14.0. The molecule has 0 saturated carbocycles. The molecule has 5 rings (SSSR count). The van der Waals surface area contributed by atoms with Crippen molar-refractivity contribution in [3.8, 4) is 11.4 Å². The van der Waals surface area contributed by atoms with Crippen molar-refractivity contribution in [2.24, 2.45) is 0 Å². The molecule has 0 N–H and O–H groups in total. The molecule has 3 aromatic rings. The Bertz CT molecular complexity index is 1120. The Balaban J connectivity index is 1.42. The van der Waals surface area contributed by atoms with E-state index in [9.17, 15) is 9.18 Å². The number of piperidine rings is 1. The van der Waals surface area contributed by atoms with Crippen LogP contribution in [0.3, 0.4) is 0 Å². The van der Waals surface area contributed by atoms with Crippen LogP contribution in [0.25, 0.3) is 5.69 Å². The van der Waals surface area contributed by atoms with E-state index in [-0.39, 0.29) is 10.9 Å². The van der Waals surface area contributed by atoms with Crippen LogP contribution in [0.15, 0.2) is 54.7 Å². The summed E-state index contributed by atoms with van der Waals surface area (Å²) in [6.45, 7) is 1.02. The van der Waals surface area contributed by atoms with E-state index < -0.39 is 11.4 Å². The molecular weight excluding hydrogens is 414 g/mol. The number of carbonyl (C=O) groups is 1. The Morgan fingerprint density at radius 1 is 1.07 bits per heavy atom. The van der Waals surface area contributed by atoms with E-state index in [0.717, 1.165) is 23.2 Å². The van der Waals surface area contributed by atoms with Crippen molar-refractivity contribution >= 4 is 29.1 Å². The molecule has 1 aromatic heterocycles. The van der Waals surface area contributed by atoms with Crippen molar-refractivity contribution in [1.29, 1.82) is 0 Å². The molecule has 1 saturated heterocycles. The maximum atomic E-state index is 13.3. The number of fused-ring (bicyclic) bond motifs is 4. The zero-order chi connectivity index (χ0) is 20.2. The number of likely N-dealkylation sites (tertiary alicyclic amines) is 1. The Kier molecular flexibility index (Phi) is 4.33. The first kappa shape index (κ1) is 18.5. The number of halogens is 3. The fourth-order valence-electron chi connectivity index (χ4n) is 4.26. The SMILES string of the molecule is O=C(c1ccc(F)cc1Cl)N1CCC2(CC1)Oc1cc(Cl)ccc1-n1cccc12. The quantitative estimate of drug-likeness (QED) is 0.514. The van der Waals surface area contributed by atoms with E-state index in [2.05, 4.69) is 10.6 Å². The first-order valence-electron chi connectivity index (χ1n) is 9.38. The van der Waals surface area contributed by atoms with Gasteiger partial charge in [-0.25, -0.2) is 4.39 Å². The largest absolute Gasteiger partial charge is 0.479 e. The molecule has 0 bridgehead atoms. The third-order valence-corrected chi connectivity index (χ3v) is 6.27. The maximum Gasteiger partial charge on any atom is 0.255 e. The summed E-state index contributed by atoms with van der Waals surface area (Å²) >= 11 is 12.3. The molecule has 0 unspecified atom stereocenters. The highest BCUT2D eigenvalue weighted by atomic mass is 35.5. The molecular formula is C22H17Cl2FN2O2. The average molecular weight is 431 g/mol. The van der Waals surface area contributed by atoms with Gasteiger partial charge in [0, 0.05) is 43.2 Å². The Hall–Kier alpha value is -2.50. The van der Waals surface area contributed by atoms with Crippen molar-refractivity contribution in [2.45, 2.75) is 18.4 Å². The molecule has 7 heteroatoms. The second-order valence-electron chi connectivity index (χ2n) is 7.39. The van der Waals surface area contributed by atoms with Crippen molar-refractivity contribution in [3.05, 3.63) is 81.8 Å². The molecule has 3 heterocycles. The summed E-state index contributed by atoms with van der Waals surface area (Å²) in [7, 11) is 0. The summed E-state index contributed by atoms with van der Waals surface area (Å²) in [6.07, 6.45) is 3.28. The summed E-state index contributed by atoms with van der Waals surface area (Å²) in [4.78, 5) is 14.6. The number of ether oxygens (including phenoxy) is 1. The molecule has 1 amide bonds. The molecule has 0 radical (unpaired) electrons. The minimum absolute atomic E-state index is 0.127. The van der Waals surface area contributed by atoms with E-state index in [1.165, 1.54) is 12.1 Å². The van der Waals surface area contributed by atoms with Gasteiger partial charge in [-0.1, -0.05) is 23.2 Å². The van der Waals surface area contributed by atoms with E-state index in [1.54, 1.807) is 4.90 Å². The van der Waals surface area contributed by atoms with Crippen molar-refractivity contribution < 1.29 is 13.9 Å². The first-order valence-corrected chi connectivity index (χ1v) is 10.1. The molecule has 2 aliphatic heterocycles. The van der Waals surface area contributed by atoms with Crippen LogP contribution < -0.4 is 4.74 Å². The number of hydrogen-bond donors (Lipinski definition) is 0. The molecule has 0 aliphatic carbocycles. The number of rotatable bonds is 1. The van der Waals surface area contributed by atoms with Gasteiger partial charge in [-0.15, -0.1) is 0 Å². The van der Waals surface area contributed by atoms with Gasteiger partial charge in [0.15, 0.2) is 5.60 Å². The lowest BCUT2D eigenvalue weighted by Crippen LogP contribution is -2.50. The topological polar surface area (TPSA) is 34.5 Å². The summed E-state index contributed by atoms with van der Waals surface area (Å²) in [5, 5.41) is 0.745. The fraction of sp³-hybridized carbons (Fsp3) is 0.227. The van der Waals surface area contributed by atoms with Crippen LogP contribution in [-0.2, 0) is 5.60 Å². The van der Waals surface area contributed by atoms with Crippen LogP contribution in [-0.4, -0.2) is 28.5 Å². The Morgan fingerprint density at radius 3 is 2.62 bits per heavy atom. The van der Waals surface area contributed by atoms with E-state index in [4.69, 9.17) is 27.9 Å². The summed E-state index contributed by atoms with van der Waals surface area (Å²) in [6, 6.07) is 13.5. The molecule has 2 aliphatic rings. The van der Waals surface area contributed by atoms with Gasteiger partial charge in [0.1, 0.15) is 11.6 Å². The summed E-state index contributed by atoms with van der Waals surface area (Å²) in [5.74, 6) is 0.0832. The van der Waals surface area contributed by atoms with Crippen molar-refractivity contribution in [1.82, 2.24) is 9.47 Å². The summed E-state index contributed by atoms with van der Waals surface area (Å²) < 4.78 is 21.9. The van der Waals surface area contributed by atoms with Crippen molar-refractivity contribution in [2.75, 3.05) is 13.1 Å². The number of aromatic nitrogens is 1. The van der Waals surface area contributed by atoms with Crippen LogP contribution in [0.5, 0.6) is 5.75 Å². The Morgan fingerprint density at radius 2 is 1.86 bits per heavy atom. The number of benzene rings is 2. The lowest BCUT2D eigenvalue weighted by molar-refractivity contribution is -0.00929. The highest BCUT2D eigenvalue weighted by molar-refractivity contribution is 6.33. The Labute approximate surface area is 177 Å². The highest BCUT2D eigenvalue weighted by Gasteiger charge is 2.44. The van der Waals surface area contributed by atoms with Gasteiger partial charge in [0.2, 0.25) is 0 Å². The van der Waals surface area contributed by atoms with E-state index >= 15 is 0 Å². The maximum absolute atomic E-state index is 13.3. The van der Waals surface area contributed by atoms with Gasteiger partial charge in [-0.05, 0) is 42.5 Å². The second-order valence-corrected chi connectivity index (χ2v) is 8.23. The zero-order valence-corrected chi connectivity index (χ0v) is 16.9. The molecule has 2 aromatic carbocycles.